The Morgan fingerprint density at radius 2 is 1.92 bits per heavy atom. The van der Waals surface area contributed by atoms with Gasteiger partial charge >= 0.3 is 5.97 Å². The summed E-state index contributed by atoms with van der Waals surface area (Å²) in [7, 11) is 3.94. The Labute approximate surface area is 224 Å². The lowest BCUT2D eigenvalue weighted by atomic mass is 9.95. The minimum absolute atomic E-state index is 0.190. The normalized spacial score (nSPS) is 15.4. The van der Waals surface area contributed by atoms with Gasteiger partial charge in [0.2, 0.25) is 0 Å². The molecule has 0 saturated carbocycles. The van der Waals surface area contributed by atoms with E-state index in [1.165, 1.54) is 11.3 Å². The molecule has 194 valence electrons. The summed E-state index contributed by atoms with van der Waals surface area (Å²) in [6.07, 6.45) is 5.81. The lowest BCUT2D eigenvalue weighted by molar-refractivity contribution is -0.139. The zero-order valence-corrected chi connectivity index (χ0v) is 22.8. The molecule has 1 atom stereocenters. The molecule has 38 heavy (non-hydrogen) atoms. The molecule has 0 radical (unpaired) electrons. The van der Waals surface area contributed by atoms with Gasteiger partial charge in [-0.1, -0.05) is 47.7 Å². The largest absolute Gasteiger partial charge is 0.463 e. The summed E-state index contributed by atoms with van der Waals surface area (Å²) in [6.45, 7) is 8.34. The molecule has 0 aliphatic carbocycles. The average Bonchev–Trinajstić information content (AvgIpc) is 3.40. The van der Waals surface area contributed by atoms with Crippen molar-refractivity contribution < 1.29 is 9.53 Å². The Bertz CT molecular complexity index is 1750. The lowest BCUT2D eigenvalue weighted by Crippen LogP contribution is -2.39. The molecule has 0 bridgehead atoms. The van der Waals surface area contributed by atoms with E-state index in [4.69, 9.17) is 4.74 Å². The summed E-state index contributed by atoms with van der Waals surface area (Å²) in [6, 6.07) is 15.4. The zero-order chi connectivity index (χ0) is 27.0. The van der Waals surface area contributed by atoms with Crippen LogP contribution in [0.4, 0.5) is 5.69 Å². The number of aromatic nitrogens is 2. The van der Waals surface area contributed by atoms with Gasteiger partial charge in [0.15, 0.2) is 4.80 Å². The first-order chi connectivity index (χ1) is 18.3. The molecule has 1 aliphatic heterocycles. The maximum Gasteiger partial charge on any atom is 0.338 e. The van der Waals surface area contributed by atoms with Crippen LogP contribution in [0.25, 0.3) is 17.0 Å². The number of benzene rings is 2. The number of nitrogens with zero attached hydrogens (tertiary/aromatic N) is 4. The van der Waals surface area contributed by atoms with Gasteiger partial charge in [0.25, 0.3) is 5.56 Å². The van der Waals surface area contributed by atoms with Crippen LogP contribution in [-0.4, -0.2) is 35.8 Å². The highest BCUT2D eigenvalue weighted by Gasteiger charge is 2.33. The van der Waals surface area contributed by atoms with Crippen LogP contribution in [0, 0.1) is 0 Å². The summed E-state index contributed by atoms with van der Waals surface area (Å²) in [5.41, 5.74) is 4.61. The van der Waals surface area contributed by atoms with Crippen LogP contribution in [0.2, 0.25) is 0 Å². The number of hydrogen-bond donors (Lipinski definition) is 0. The predicted molar refractivity (Wildman–Crippen MR) is 153 cm³/mol. The van der Waals surface area contributed by atoms with Gasteiger partial charge in [-0.05, 0) is 43.7 Å². The van der Waals surface area contributed by atoms with Crippen molar-refractivity contribution in [2.45, 2.75) is 26.4 Å². The summed E-state index contributed by atoms with van der Waals surface area (Å²) in [4.78, 5) is 34.3. The highest BCUT2D eigenvalue weighted by molar-refractivity contribution is 7.07. The summed E-state index contributed by atoms with van der Waals surface area (Å²) < 4.78 is 9.70. The minimum Gasteiger partial charge on any atom is -0.463 e. The van der Waals surface area contributed by atoms with Crippen molar-refractivity contribution in [3.05, 3.63) is 109 Å². The van der Waals surface area contributed by atoms with Crippen LogP contribution in [0.1, 0.15) is 31.0 Å². The van der Waals surface area contributed by atoms with Crippen molar-refractivity contribution in [3.8, 4) is 0 Å². The fourth-order valence-electron chi connectivity index (χ4n) is 4.88. The Hall–Kier alpha value is -4.17. The Morgan fingerprint density at radius 3 is 2.61 bits per heavy atom. The van der Waals surface area contributed by atoms with Crippen LogP contribution in [0.5, 0.6) is 0 Å². The van der Waals surface area contributed by atoms with Crippen molar-refractivity contribution in [3.63, 3.8) is 0 Å². The Kier molecular flexibility index (Phi) is 6.91. The molecule has 1 aliphatic rings. The summed E-state index contributed by atoms with van der Waals surface area (Å²) >= 11 is 1.33. The van der Waals surface area contributed by atoms with E-state index in [0.29, 0.717) is 27.1 Å². The third-order valence-electron chi connectivity index (χ3n) is 6.67. The summed E-state index contributed by atoms with van der Waals surface area (Å²) in [5.74, 6) is -0.461. The number of carbonyl (C=O) groups is 1. The van der Waals surface area contributed by atoms with Gasteiger partial charge in [0.05, 0.1) is 28.5 Å². The zero-order valence-electron chi connectivity index (χ0n) is 22.0. The first-order valence-electron chi connectivity index (χ1n) is 12.5. The van der Waals surface area contributed by atoms with Crippen molar-refractivity contribution >= 4 is 40.0 Å². The number of thiazole rings is 1. The monoisotopic (exact) mass is 526 g/mol. The molecule has 2 aromatic carbocycles. The molecule has 0 unspecified atom stereocenters. The van der Waals surface area contributed by atoms with Gasteiger partial charge in [-0.3, -0.25) is 9.36 Å². The van der Waals surface area contributed by atoms with Crippen LogP contribution in [-0.2, 0) is 16.1 Å². The van der Waals surface area contributed by atoms with E-state index in [2.05, 4.69) is 28.3 Å². The van der Waals surface area contributed by atoms with Crippen LogP contribution in [0.3, 0.4) is 0 Å². The number of fused-ring (bicyclic) bond motifs is 2. The number of carbonyl (C=O) groups excluding carboxylic acids is 1. The predicted octanol–water partition coefficient (Wildman–Crippen LogP) is 4.01. The standard InChI is InChI=1S/C30H30N4O3S/c1-6-16-33-18-21(23-10-8-9-11-24(23)33)17-25-28(35)34-27(20-12-14-22(15-13-20)32(4)5)26(29(36)37-7-2)19(3)31-30(34)38-25/h6,8-15,17-18,27H,1,7,16H2,2-5H3/b25-17-/t27-/m0/s1. The molecule has 4 aromatic rings. The second-order valence-corrected chi connectivity index (χ2v) is 10.3. The van der Waals surface area contributed by atoms with E-state index in [-0.39, 0.29) is 12.2 Å². The lowest BCUT2D eigenvalue weighted by Gasteiger charge is -2.25. The molecular formula is C30H30N4O3S. The molecule has 0 amide bonds. The first kappa shape index (κ1) is 25.5. The molecular weight excluding hydrogens is 496 g/mol. The number of para-hydroxylation sites is 1. The molecule has 5 rings (SSSR count). The highest BCUT2D eigenvalue weighted by atomic mass is 32.1. The van der Waals surface area contributed by atoms with E-state index in [0.717, 1.165) is 27.7 Å². The molecule has 0 saturated heterocycles. The van der Waals surface area contributed by atoms with E-state index in [1.54, 1.807) is 18.4 Å². The van der Waals surface area contributed by atoms with Crippen molar-refractivity contribution in [1.82, 2.24) is 9.13 Å². The average molecular weight is 527 g/mol. The van der Waals surface area contributed by atoms with E-state index >= 15 is 0 Å². The number of rotatable bonds is 7. The van der Waals surface area contributed by atoms with Gasteiger partial charge in [0.1, 0.15) is 0 Å². The number of ether oxygens (including phenoxy) is 1. The van der Waals surface area contributed by atoms with Crippen molar-refractivity contribution in [2.24, 2.45) is 4.99 Å². The number of allylic oxidation sites excluding steroid dienone is 2. The molecule has 8 heteroatoms. The molecule has 0 fully saturated rings. The highest BCUT2D eigenvalue weighted by Crippen LogP contribution is 2.31. The summed E-state index contributed by atoms with van der Waals surface area (Å²) in [5, 5.41) is 1.06. The van der Waals surface area contributed by atoms with Crippen molar-refractivity contribution in [2.75, 3.05) is 25.6 Å². The maximum absolute atomic E-state index is 14.0. The number of hydrogen-bond acceptors (Lipinski definition) is 6. The Morgan fingerprint density at radius 1 is 1.18 bits per heavy atom. The number of anilines is 1. The Balaban J connectivity index is 1.72. The second-order valence-electron chi connectivity index (χ2n) is 9.33. The topological polar surface area (TPSA) is 68.8 Å². The second kappa shape index (κ2) is 10.3. The van der Waals surface area contributed by atoms with E-state index < -0.39 is 12.0 Å². The van der Waals surface area contributed by atoms with Gasteiger partial charge in [-0.25, -0.2) is 9.79 Å². The molecule has 7 nitrogen and oxygen atoms in total. The molecule has 0 N–H and O–H groups in total. The van der Waals surface area contributed by atoms with Crippen molar-refractivity contribution in [1.29, 1.82) is 0 Å². The molecule has 0 spiro atoms. The smallest absolute Gasteiger partial charge is 0.338 e. The van der Waals surface area contributed by atoms with E-state index in [1.807, 2.05) is 73.7 Å². The first-order valence-corrected chi connectivity index (χ1v) is 13.3. The van der Waals surface area contributed by atoms with Gasteiger partial charge in [0, 0.05) is 49.0 Å². The van der Waals surface area contributed by atoms with Crippen LogP contribution >= 0.6 is 11.3 Å². The maximum atomic E-state index is 14.0. The van der Waals surface area contributed by atoms with Gasteiger partial charge in [-0.15, -0.1) is 6.58 Å². The third kappa shape index (κ3) is 4.41. The fourth-order valence-corrected chi connectivity index (χ4v) is 5.92. The molecule has 3 heterocycles. The quantitative estimate of drug-likeness (QED) is 0.270. The van der Waals surface area contributed by atoms with Crippen LogP contribution in [0.15, 0.2) is 88.4 Å². The van der Waals surface area contributed by atoms with E-state index in [9.17, 15) is 9.59 Å². The fraction of sp³-hybridized carbons (Fsp3) is 0.233. The SMILES string of the molecule is C=CCn1cc(/C=c2\sc3n(c2=O)[C@@H](c2ccc(N(C)C)cc2)C(C(=O)OCC)=C(C)N=3)c2ccccc21. The van der Waals surface area contributed by atoms with Crippen LogP contribution < -0.4 is 19.8 Å². The third-order valence-corrected chi connectivity index (χ3v) is 7.66. The number of esters is 1. The molecule has 2 aromatic heterocycles. The van der Waals surface area contributed by atoms with Gasteiger partial charge < -0.3 is 14.2 Å². The van der Waals surface area contributed by atoms with Gasteiger partial charge in [-0.2, -0.15) is 0 Å². The minimum atomic E-state index is -0.634.